The van der Waals surface area contributed by atoms with Crippen molar-refractivity contribution in [2.75, 3.05) is 5.32 Å². The quantitative estimate of drug-likeness (QED) is 0.838. The zero-order valence-electron chi connectivity index (χ0n) is 9.93. The monoisotopic (exact) mass is 256 g/mol. The minimum atomic E-state index is -0.0739. The van der Waals surface area contributed by atoms with Crippen LogP contribution in [-0.4, -0.2) is 10.9 Å². The molecule has 0 saturated carbocycles. The van der Waals surface area contributed by atoms with Crippen LogP contribution >= 0.6 is 11.3 Å². The van der Waals surface area contributed by atoms with E-state index in [0.29, 0.717) is 5.57 Å². The molecule has 0 bridgehead atoms. The third-order valence-electron chi connectivity index (χ3n) is 2.87. The number of hydrogen-bond donors (Lipinski definition) is 1. The van der Waals surface area contributed by atoms with E-state index in [0.717, 1.165) is 22.7 Å². The van der Waals surface area contributed by atoms with Gasteiger partial charge < -0.3 is 5.32 Å². The third kappa shape index (κ3) is 1.84. The molecule has 2 aromatic heterocycles. The molecule has 3 rings (SSSR count). The van der Waals surface area contributed by atoms with E-state index in [9.17, 15) is 4.79 Å². The number of rotatable bonds is 2. The van der Waals surface area contributed by atoms with E-state index < -0.39 is 0 Å². The average molecular weight is 256 g/mol. The van der Waals surface area contributed by atoms with E-state index in [1.807, 2.05) is 24.3 Å². The summed E-state index contributed by atoms with van der Waals surface area (Å²) in [4.78, 5) is 18.6. The summed E-state index contributed by atoms with van der Waals surface area (Å²) in [6.45, 7) is 2.13. The van der Waals surface area contributed by atoms with Gasteiger partial charge in [-0.1, -0.05) is 6.92 Å². The van der Waals surface area contributed by atoms with Gasteiger partial charge in [-0.05, 0) is 36.8 Å². The smallest absolute Gasteiger partial charge is 0.258 e. The first kappa shape index (κ1) is 11.2. The Morgan fingerprint density at radius 1 is 1.39 bits per heavy atom. The van der Waals surface area contributed by atoms with E-state index in [2.05, 4.69) is 23.3 Å². The van der Waals surface area contributed by atoms with E-state index in [1.165, 1.54) is 4.88 Å². The highest BCUT2D eigenvalue weighted by Gasteiger charge is 2.24. The summed E-state index contributed by atoms with van der Waals surface area (Å²) in [5.74, 6) is -0.0739. The van der Waals surface area contributed by atoms with Gasteiger partial charge in [-0.3, -0.25) is 9.78 Å². The lowest BCUT2D eigenvalue weighted by Crippen LogP contribution is -2.03. The standard InChI is InChI=1S/C14H12N2OS/c1-2-9-5-6-10(18-9)8-11-13-12(16-14(11)17)4-3-7-15-13/h3-8H,2H2,1H3,(H,16,17). The van der Waals surface area contributed by atoms with Gasteiger partial charge in [0.2, 0.25) is 0 Å². The van der Waals surface area contributed by atoms with Crippen LogP contribution in [0.1, 0.15) is 22.4 Å². The molecule has 1 aliphatic heterocycles. The van der Waals surface area contributed by atoms with Crippen LogP contribution < -0.4 is 5.32 Å². The molecule has 4 heteroatoms. The topological polar surface area (TPSA) is 42.0 Å². The Labute approximate surface area is 109 Å². The number of amides is 1. The van der Waals surface area contributed by atoms with Crippen LogP contribution in [0.2, 0.25) is 0 Å². The summed E-state index contributed by atoms with van der Waals surface area (Å²) < 4.78 is 0. The van der Waals surface area contributed by atoms with Crippen LogP contribution in [0.5, 0.6) is 0 Å². The van der Waals surface area contributed by atoms with Crippen molar-refractivity contribution in [3.8, 4) is 0 Å². The van der Waals surface area contributed by atoms with Gasteiger partial charge in [0.05, 0.1) is 17.0 Å². The average Bonchev–Trinajstić information content (AvgIpc) is 2.96. The first-order valence-electron chi connectivity index (χ1n) is 5.85. The summed E-state index contributed by atoms with van der Waals surface area (Å²) in [6, 6.07) is 7.84. The first-order valence-corrected chi connectivity index (χ1v) is 6.66. The zero-order chi connectivity index (χ0) is 12.5. The Morgan fingerprint density at radius 2 is 2.28 bits per heavy atom. The molecule has 1 amide bonds. The largest absolute Gasteiger partial charge is 0.320 e. The highest BCUT2D eigenvalue weighted by molar-refractivity contribution is 7.13. The minimum Gasteiger partial charge on any atom is -0.320 e. The van der Waals surface area contributed by atoms with Crippen molar-refractivity contribution in [2.45, 2.75) is 13.3 Å². The second-order valence-electron chi connectivity index (χ2n) is 4.07. The maximum atomic E-state index is 11.9. The summed E-state index contributed by atoms with van der Waals surface area (Å²) in [5, 5.41) is 2.82. The fourth-order valence-corrected chi connectivity index (χ4v) is 2.85. The lowest BCUT2D eigenvalue weighted by Gasteiger charge is -1.94. The molecule has 1 N–H and O–H groups in total. The number of fused-ring (bicyclic) bond motifs is 1. The molecular formula is C14H12N2OS. The van der Waals surface area contributed by atoms with Crippen LogP contribution in [0.4, 0.5) is 5.69 Å². The van der Waals surface area contributed by atoms with Crippen LogP contribution in [0.3, 0.4) is 0 Å². The zero-order valence-corrected chi connectivity index (χ0v) is 10.8. The van der Waals surface area contributed by atoms with E-state index >= 15 is 0 Å². The lowest BCUT2D eigenvalue weighted by molar-refractivity contribution is -0.110. The fourth-order valence-electron chi connectivity index (χ4n) is 1.96. The number of anilines is 1. The molecule has 0 saturated heterocycles. The van der Waals surface area contributed by atoms with Crippen LogP contribution in [-0.2, 0) is 11.2 Å². The molecule has 1 aliphatic rings. The molecule has 2 aromatic rings. The van der Waals surface area contributed by atoms with Crippen molar-refractivity contribution in [2.24, 2.45) is 0 Å². The van der Waals surface area contributed by atoms with Gasteiger partial charge in [0.1, 0.15) is 0 Å². The van der Waals surface area contributed by atoms with Gasteiger partial charge in [0.25, 0.3) is 5.91 Å². The maximum Gasteiger partial charge on any atom is 0.258 e. The number of pyridine rings is 1. The van der Waals surface area contributed by atoms with Gasteiger partial charge in [-0.25, -0.2) is 0 Å². The molecule has 3 nitrogen and oxygen atoms in total. The number of nitrogens with zero attached hydrogens (tertiary/aromatic N) is 1. The highest BCUT2D eigenvalue weighted by atomic mass is 32.1. The van der Waals surface area contributed by atoms with Gasteiger partial charge in [0, 0.05) is 16.0 Å². The van der Waals surface area contributed by atoms with Gasteiger partial charge >= 0.3 is 0 Å². The third-order valence-corrected chi connectivity index (χ3v) is 4.05. The Morgan fingerprint density at radius 3 is 3.06 bits per heavy atom. The molecular weight excluding hydrogens is 244 g/mol. The normalized spacial score (nSPS) is 15.8. The van der Waals surface area contributed by atoms with Crippen molar-refractivity contribution in [3.63, 3.8) is 0 Å². The predicted octanol–water partition coefficient (Wildman–Crippen LogP) is 3.20. The molecule has 0 aliphatic carbocycles. The first-order chi connectivity index (χ1) is 8.78. The van der Waals surface area contributed by atoms with Crippen LogP contribution in [0.15, 0.2) is 30.5 Å². The number of aromatic nitrogens is 1. The van der Waals surface area contributed by atoms with Crippen molar-refractivity contribution >= 4 is 34.6 Å². The number of aryl methyl sites for hydroxylation is 1. The molecule has 90 valence electrons. The highest BCUT2D eigenvalue weighted by Crippen LogP contribution is 2.32. The number of hydrogen-bond acceptors (Lipinski definition) is 3. The lowest BCUT2D eigenvalue weighted by atomic mass is 10.1. The van der Waals surface area contributed by atoms with Crippen LogP contribution in [0, 0.1) is 0 Å². The molecule has 0 spiro atoms. The maximum absolute atomic E-state index is 11.9. The predicted molar refractivity (Wildman–Crippen MR) is 74.4 cm³/mol. The van der Waals surface area contributed by atoms with Crippen molar-refractivity contribution in [1.29, 1.82) is 0 Å². The van der Waals surface area contributed by atoms with Crippen molar-refractivity contribution in [1.82, 2.24) is 4.98 Å². The van der Waals surface area contributed by atoms with Crippen molar-refractivity contribution in [3.05, 3.63) is 45.9 Å². The number of thiophene rings is 1. The van der Waals surface area contributed by atoms with Gasteiger partial charge in [-0.2, -0.15) is 0 Å². The van der Waals surface area contributed by atoms with E-state index in [-0.39, 0.29) is 5.91 Å². The second-order valence-corrected chi connectivity index (χ2v) is 5.27. The fraction of sp³-hybridized carbons (Fsp3) is 0.143. The van der Waals surface area contributed by atoms with Crippen LogP contribution in [0.25, 0.3) is 11.6 Å². The Bertz CT molecular complexity index is 643. The SMILES string of the molecule is CCc1ccc(C=C2C(=O)Nc3cccnc32)s1. The summed E-state index contributed by atoms with van der Waals surface area (Å²) in [6.07, 6.45) is 4.64. The molecule has 0 radical (unpaired) electrons. The van der Waals surface area contributed by atoms with Gasteiger partial charge in [-0.15, -0.1) is 11.3 Å². The molecule has 0 aromatic carbocycles. The number of nitrogens with one attached hydrogen (secondary N) is 1. The Hall–Kier alpha value is -1.94. The summed E-state index contributed by atoms with van der Waals surface area (Å²) in [5.41, 5.74) is 2.19. The summed E-state index contributed by atoms with van der Waals surface area (Å²) >= 11 is 1.71. The molecule has 18 heavy (non-hydrogen) atoms. The summed E-state index contributed by atoms with van der Waals surface area (Å²) in [7, 11) is 0. The number of carbonyl (C=O) groups excluding carboxylic acids is 1. The van der Waals surface area contributed by atoms with Gasteiger partial charge in [0.15, 0.2) is 0 Å². The van der Waals surface area contributed by atoms with E-state index in [1.54, 1.807) is 17.5 Å². The molecule has 0 fully saturated rings. The second kappa shape index (κ2) is 4.38. The molecule has 3 heterocycles. The van der Waals surface area contributed by atoms with Crippen molar-refractivity contribution < 1.29 is 4.79 Å². The number of carbonyl (C=O) groups is 1. The Balaban J connectivity index is 2.04. The van der Waals surface area contributed by atoms with E-state index in [4.69, 9.17) is 0 Å². The molecule has 0 unspecified atom stereocenters. The minimum absolute atomic E-state index is 0.0739. The Kier molecular flexibility index (Phi) is 2.72. The molecule has 0 atom stereocenters.